The van der Waals surface area contributed by atoms with Gasteiger partial charge in [0.2, 0.25) is 0 Å². The van der Waals surface area contributed by atoms with E-state index >= 15 is 17.2 Å². The maximum atomic E-state index is 17.6. The molecule has 0 N–H and O–H groups in total. The molecule has 0 bridgehead atoms. The van der Waals surface area contributed by atoms with Gasteiger partial charge in [-0.05, 0) is 0 Å². The number of benzene rings is 3. The molecule has 0 nitrogen and oxygen atoms in total. The number of rotatable bonds is 3. The van der Waals surface area contributed by atoms with Crippen LogP contribution in [-0.4, -0.2) is 0 Å². The zero-order chi connectivity index (χ0) is 27.8. The van der Waals surface area contributed by atoms with Crippen LogP contribution in [0.15, 0.2) is 0 Å². The second-order valence-corrected chi connectivity index (χ2v) is 13.6. The van der Waals surface area contributed by atoms with Crippen LogP contribution in [0.1, 0.15) is 0 Å². The molecule has 0 aliphatic carbocycles. The molecule has 0 unspecified atom stereocenters. The Morgan fingerprint density at radius 3 is 0.750 bits per heavy atom. The SMILES string of the molecule is Fc1c(F)c(F)c(P(F)(F)(c2c(Cl)c(Cl)c(Cl)c(Cl)c2Cl)c2c(Cl)c(Cl)c(Cl)c(Cl)c2Cl)c(F)c1F. The minimum absolute atomic E-state index is 0.683. The van der Waals surface area contributed by atoms with Gasteiger partial charge in [-0.25, -0.2) is 0 Å². The molecule has 3 aromatic carbocycles. The van der Waals surface area contributed by atoms with Crippen molar-refractivity contribution in [2.75, 3.05) is 0 Å². The van der Waals surface area contributed by atoms with E-state index in [1.54, 1.807) is 0 Å². The molecular weight excluding hydrogens is 735 g/mol. The van der Waals surface area contributed by atoms with Crippen molar-refractivity contribution in [1.29, 1.82) is 0 Å². The molecule has 0 saturated carbocycles. The second kappa shape index (κ2) is 10.2. The van der Waals surface area contributed by atoms with Crippen molar-refractivity contribution in [1.82, 2.24) is 0 Å². The van der Waals surface area contributed by atoms with E-state index in [0.717, 1.165) is 0 Å². The molecule has 0 amide bonds. The quantitative estimate of drug-likeness (QED) is 0.109. The van der Waals surface area contributed by atoms with Gasteiger partial charge in [-0.1, -0.05) is 0 Å². The van der Waals surface area contributed by atoms with Gasteiger partial charge < -0.3 is 0 Å². The van der Waals surface area contributed by atoms with Crippen LogP contribution in [0.3, 0.4) is 0 Å². The van der Waals surface area contributed by atoms with Crippen molar-refractivity contribution in [3.8, 4) is 0 Å². The summed E-state index contributed by atoms with van der Waals surface area (Å²) < 4.78 is 108. The fourth-order valence-corrected chi connectivity index (χ4v) is 10.9. The van der Waals surface area contributed by atoms with Gasteiger partial charge in [-0.2, -0.15) is 0 Å². The van der Waals surface area contributed by atoms with Crippen LogP contribution in [0.2, 0.25) is 50.2 Å². The Bertz CT molecular complexity index is 1230. The molecule has 0 radical (unpaired) electrons. The molecule has 196 valence electrons. The molecule has 0 fully saturated rings. The summed E-state index contributed by atoms with van der Waals surface area (Å²) in [6.07, 6.45) is 0. The standard InChI is InChI=1S/C18Cl10F7P/c19-1-3(21)7(25)16(8(26)4(1)22)36(34,35,17-9(27)5(23)2(20)6(24)10(17)28)18-14(32)12(30)11(29)13(31)15(18)33. The van der Waals surface area contributed by atoms with Crippen LogP contribution in [0.5, 0.6) is 0 Å². The van der Waals surface area contributed by atoms with Gasteiger partial charge >= 0.3 is 249 Å². The summed E-state index contributed by atoms with van der Waals surface area (Å²) in [4.78, 5) is 0. The first-order valence-corrected chi connectivity index (χ1v) is 14.1. The van der Waals surface area contributed by atoms with Crippen molar-refractivity contribution in [3.05, 3.63) is 79.3 Å². The molecule has 18 heteroatoms. The van der Waals surface area contributed by atoms with Crippen molar-refractivity contribution in [2.45, 2.75) is 0 Å². The maximum absolute atomic E-state index is 17.6. The van der Waals surface area contributed by atoms with Gasteiger partial charge in [0.05, 0.1) is 0 Å². The van der Waals surface area contributed by atoms with Gasteiger partial charge in [0.25, 0.3) is 0 Å². The molecule has 0 spiro atoms. The molecule has 3 aromatic rings. The monoisotopic (exact) mass is 730 g/mol. The van der Waals surface area contributed by atoms with Crippen LogP contribution < -0.4 is 15.9 Å². The Labute approximate surface area is 247 Å². The third kappa shape index (κ3) is 4.16. The second-order valence-electron chi connectivity index (χ2n) is 6.66. The zero-order valence-electron chi connectivity index (χ0n) is 15.9. The number of halogens is 17. The Kier molecular flexibility index (Phi) is 8.76. The van der Waals surface area contributed by atoms with Crippen molar-refractivity contribution in [3.63, 3.8) is 0 Å². The molecular formula is C18Cl10F7P. The molecule has 36 heavy (non-hydrogen) atoms. The number of hydrogen-bond donors (Lipinski definition) is 0. The van der Waals surface area contributed by atoms with Crippen LogP contribution in [-0.2, 0) is 0 Å². The fraction of sp³-hybridized carbons (Fsp3) is 0. The third-order valence-electron chi connectivity index (χ3n) is 4.74. The fourth-order valence-electron chi connectivity index (χ4n) is 3.15. The Morgan fingerprint density at radius 1 is 0.306 bits per heavy atom. The van der Waals surface area contributed by atoms with E-state index in [2.05, 4.69) is 0 Å². The summed E-state index contributed by atoms with van der Waals surface area (Å²) in [5, 5.41) is -16.5. The summed E-state index contributed by atoms with van der Waals surface area (Å²) >= 11 is 59.1. The summed E-state index contributed by atoms with van der Waals surface area (Å²) in [7, 11) is -8.31. The summed E-state index contributed by atoms with van der Waals surface area (Å²) in [5.41, 5.74) is 0. The first kappa shape index (κ1) is 31.0. The normalized spacial score (nSPS) is 13.2. The van der Waals surface area contributed by atoms with Crippen molar-refractivity contribution >= 4 is 139 Å². The molecule has 3 rings (SSSR count). The van der Waals surface area contributed by atoms with Crippen molar-refractivity contribution < 1.29 is 30.3 Å². The van der Waals surface area contributed by atoms with Gasteiger partial charge in [0.15, 0.2) is 0 Å². The van der Waals surface area contributed by atoms with Gasteiger partial charge in [0, 0.05) is 0 Å². The van der Waals surface area contributed by atoms with Gasteiger partial charge in [-0.3, -0.25) is 0 Å². The predicted octanol–water partition coefficient (Wildman–Crippen LogP) is 11.5. The first-order valence-electron chi connectivity index (χ1n) is 8.34. The minimum atomic E-state index is -8.31. The molecule has 0 saturated heterocycles. The van der Waals surface area contributed by atoms with E-state index in [9.17, 15) is 13.2 Å². The number of hydrogen-bond acceptors (Lipinski definition) is 0. The third-order valence-corrected chi connectivity index (χ3v) is 13.5. The van der Waals surface area contributed by atoms with E-state index in [1.807, 2.05) is 0 Å². The van der Waals surface area contributed by atoms with Crippen LogP contribution in [0, 0.1) is 29.1 Å². The average Bonchev–Trinajstić information content (AvgIpc) is 2.81. The van der Waals surface area contributed by atoms with Gasteiger partial charge in [0.1, 0.15) is 0 Å². The average molecular weight is 735 g/mol. The zero-order valence-corrected chi connectivity index (χ0v) is 24.3. The molecule has 0 heterocycles. The van der Waals surface area contributed by atoms with E-state index in [0.29, 0.717) is 0 Å². The molecule has 0 aromatic heterocycles. The van der Waals surface area contributed by atoms with Crippen LogP contribution in [0.25, 0.3) is 0 Å². The topological polar surface area (TPSA) is 0 Å². The Balaban J connectivity index is 2.88. The van der Waals surface area contributed by atoms with Gasteiger partial charge in [-0.15, -0.1) is 0 Å². The molecule has 0 atom stereocenters. The Hall–Kier alpha value is 0.500. The first-order chi connectivity index (χ1) is 16.3. The van der Waals surface area contributed by atoms with E-state index < -0.39 is 102 Å². The van der Waals surface area contributed by atoms with Crippen molar-refractivity contribution in [2.24, 2.45) is 0 Å². The summed E-state index contributed by atoms with van der Waals surface area (Å²) in [5.74, 6) is -14.2. The molecule has 0 aliphatic rings. The molecule has 0 aliphatic heterocycles. The summed E-state index contributed by atoms with van der Waals surface area (Å²) in [6.45, 7) is 0. The predicted molar refractivity (Wildman–Crippen MR) is 137 cm³/mol. The van der Waals surface area contributed by atoms with Crippen LogP contribution >= 0.6 is 123 Å². The van der Waals surface area contributed by atoms with E-state index in [4.69, 9.17) is 116 Å². The van der Waals surface area contributed by atoms with Crippen LogP contribution in [0.4, 0.5) is 30.3 Å². The Morgan fingerprint density at radius 2 is 0.500 bits per heavy atom. The summed E-state index contributed by atoms with van der Waals surface area (Å²) in [6, 6.07) is 0. The van der Waals surface area contributed by atoms with E-state index in [1.165, 1.54) is 0 Å². The van der Waals surface area contributed by atoms with E-state index in [-0.39, 0.29) is 0 Å².